The summed E-state index contributed by atoms with van der Waals surface area (Å²) in [6, 6.07) is 17.2. The number of anilines is 2. The molecule has 1 aromatic heterocycles. The average Bonchev–Trinajstić information content (AvgIpc) is 3.24. The van der Waals surface area contributed by atoms with Crippen molar-refractivity contribution in [1.82, 2.24) is 4.57 Å². The second-order valence-corrected chi connectivity index (χ2v) is 9.27. The number of carbonyl (C=O) groups excluding carboxylic acids is 2. The lowest BCUT2D eigenvalue weighted by Gasteiger charge is -2.21. The molecule has 1 aliphatic rings. The first-order chi connectivity index (χ1) is 15.8. The normalized spacial score (nSPS) is 15.1. The second-order valence-electron chi connectivity index (χ2n) is 7.84. The Morgan fingerprint density at radius 1 is 0.939 bits per heavy atom. The maximum atomic E-state index is 13.0. The fourth-order valence-electron chi connectivity index (χ4n) is 4.15. The molecule has 2 amide bonds. The van der Waals surface area contributed by atoms with E-state index in [2.05, 4.69) is 47.6 Å². The molecule has 4 rings (SSSR count). The van der Waals surface area contributed by atoms with Crippen LogP contribution in [0.15, 0.2) is 59.5 Å². The van der Waals surface area contributed by atoms with Crippen LogP contribution in [0.25, 0.3) is 11.8 Å². The van der Waals surface area contributed by atoms with E-state index in [1.54, 1.807) is 24.3 Å². The van der Waals surface area contributed by atoms with E-state index >= 15 is 0 Å². The predicted octanol–water partition coefficient (Wildman–Crippen LogP) is 6.83. The summed E-state index contributed by atoms with van der Waals surface area (Å²) in [4.78, 5) is 29.5. The number of amides is 2. The van der Waals surface area contributed by atoms with Gasteiger partial charge in [0.15, 0.2) is 0 Å². The first-order valence-electron chi connectivity index (χ1n) is 10.9. The summed E-state index contributed by atoms with van der Waals surface area (Å²) < 4.78 is 2.17. The fraction of sp³-hybridized carbons (Fsp3) is 0.231. The zero-order chi connectivity index (χ0) is 23.7. The molecule has 0 aliphatic carbocycles. The number of imide groups is 1. The lowest BCUT2D eigenvalue weighted by molar-refractivity contribution is -0.113. The molecule has 33 heavy (non-hydrogen) atoms. The molecule has 5 nitrogen and oxygen atoms in total. The van der Waals surface area contributed by atoms with Gasteiger partial charge in [-0.25, -0.2) is 4.90 Å². The van der Waals surface area contributed by atoms with Gasteiger partial charge >= 0.3 is 0 Å². The fourth-order valence-corrected chi connectivity index (χ4v) is 5.11. The highest BCUT2D eigenvalue weighted by Crippen LogP contribution is 2.37. The summed E-state index contributed by atoms with van der Waals surface area (Å²) in [5.41, 5.74) is 5.77. The van der Waals surface area contributed by atoms with Gasteiger partial charge in [-0.15, -0.1) is 0 Å². The van der Waals surface area contributed by atoms with Crippen molar-refractivity contribution in [3.63, 3.8) is 0 Å². The molecule has 0 spiro atoms. The van der Waals surface area contributed by atoms with Crippen molar-refractivity contribution in [3.05, 3.63) is 81.5 Å². The number of aromatic nitrogens is 1. The molecular formula is C26H26ClN3O2S. The van der Waals surface area contributed by atoms with E-state index in [9.17, 15) is 9.59 Å². The lowest BCUT2D eigenvalue weighted by Crippen LogP contribution is -2.27. The van der Waals surface area contributed by atoms with Gasteiger partial charge in [-0.2, -0.15) is 0 Å². The van der Waals surface area contributed by atoms with Gasteiger partial charge in [0.05, 0.1) is 10.6 Å². The van der Waals surface area contributed by atoms with Crippen molar-refractivity contribution in [2.24, 2.45) is 0 Å². The Kier molecular flexibility index (Phi) is 6.68. The monoisotopic (exact) mass is 479 g/mol. The van der Waals surface area contributed by atoms with Crippen LogP contribution in [0.4, 0.5) is 16.2 Å². The quantitative estimate of drug-likeness (QED) is 0.363. The molecule has 0 radical (unpaired) electrons. The Bertz CT molecular complexity index is 1230. The minimum absolute atomic E-state index is 0.311. The third-order valence-electron chi connectivity index (χ3n) is 5.87. The van der Waals surface area contributed by atoms with E-state index in [4.69, 9.17) is 11.6 Å². The summed E-state index contributed by atoms with van der Waals surface area (Å²) in [6.07, 6.45) is 1.81. The van der Waals surface area contributed by atoms with E-state index in [0.29, 0.717) is 15.6 Å². The van der Waals surface area contributed by atoms with Crippen LogP contribution in [0.5, 0.6) is 0 Å². The average molecular weight is 480 g/mol. The van der Waals surface area contributed by atoms with Crippen molar-refractivity contribution in [1.29, 1.82) is 0 Å². The Labute approximate surface area is 203 Å². The number of thioether (sulfide) groups is 1. The first kappa shape index (κ1) is 23.2. The number of hydrogen-bond acceptors (Lipinski definition) is 4. The highest BCUT2D eigenvalue weighted by Gasteiger charge is 2.36. The van der Waals surface area contributed by atoms with E-state index in [0.717, 1.165) is 47.5 Å². The van der Waals surface area contributed by atoms with Crippen molar-refractivity contribution in [3.8, 4) is 5.69 Å². The number of hydrogen-bond donors (Lipinski definition) is 0. The Hall–Kier alpha value is -2.96. The molecule has 1 fully saturated rings. The number of nitrogens with zero attached hydrogens (tertiary/aromatic N) is 3. The number of aryl methyl sites for hydroxylation is 1. The summed E-state index contributed by atoms with van der Waals surface area (Å²) in [7, 11) is 0. The molecule has 1 saturated heterocycles. The number of carbonyl (C=O) groups is 2. The van der Waals surface area contributed by atoms with E-state index in [1.165, 1.54) is 10.6 Å². The van der Waals surface area contributed by atoms with E-state index in [-0.39, 0.29) is 11.1 Å². The van der Waals surface area contributed by atoms with Crippen LogP contribution >= 0.6 is 23.4 Å². The van der Waals surface area contributed by atoms with Crippen molar-refractivity contribution in [2.45, 2.75) is 27.7 Å². The molecule has 7 heteroatoms. The lowest BCUT2D eigenvalue weighted by atomic mass is 10.2. The van der Waals surface area contributed by atoms with Crippen LogP contribution in [0.2, 0.25) is 5.02 Å². The molecule has 0 atom stereocenters. The summed E-state index contributed by atoms with van der Waals surface area (Å²) in [5.74, 6) is -0.319. The van der Waals surface area contributed by atoms with Crippen LogP contribution in [0.1, 0.15) is 30.8 Å². The maximum Gasteiger partial charge on any atom is 0.298 e. The van der Waals surface area contributed by atoms with Crippen molar-refractivity contribution >= 4 is 52.0 Å². The van der Waals surface area contributed by atoms with Gasteiger partial charge in [-0.1, -0.05) is 11.6 Å². The number of benzene rings is 2. The van der Waals surface area contributed by atoms with Crippen LogP contribution in [0, 0.1) is 13.8 Å². The minimum Gasteiger partial charge on any atom is -0.372 e. The molecule has 0 N–H and O–H groups in total. The molecule has 2 aromatic carbocycles. The van der Waals surface area contributed by atoms with Gasteiger partial charge in [-0.3, -0.25) is 9.59 Å². The van der Waals surface area contributed by atoms with Gasteiger partial charge < -0.3 is 9.47 Å². The highest BCUT2D eigenvalue weighted by molar-refractivity contribution is 8.19. The van der Waals surface area contributed by atoms with Gasteiger partial charge in [0, 0.05) is 40.9 Å². The largest absolute Gasteiger partial charge is 0.372 e. The molecule has 0 unspecified atom stereocenters. The second kappa shape index (κ2) is 9.49. The van der Waals surface area contributed by atoms with E-state index < -0.39 is 0 Å². The van der Waals surface area contributed by atoms with Crippen molar-refractivity contribution < 1.29 is 9.59 Å². The third kappa shape index (κ3) is 4.45. The summed E-state index contributed by atoms with van der Waals surface area (Å²) >= 11 is 6.90. The Balaban J connectivity index is 1.64. The van der Waals surface area contributed by atoms with E-state index in [1.807, 2.05) is 26.0 Å². The molecule has 3 aromatic rings. The summed E-state index contributed by atoms with van der Waals surface area (Å²) in [5, 5.41) is 0.244. The molecule has 2 heterocycles. The molecule has 0 bridgehead atoms. The van der Waals surface area contributed by atoms with Crippen LogP contribution in [-0.2, 0) is 4.79 Å². The van der Waals surface area contributed by atoms with Crippen LogP contribution < -0.4 is 9.80 Å². The van der Waals surface area contributed by atoms with Crippen LogP contribution in [-0.4, -0.2) is 28.8 Å². The molecule has 1 aliphatic heterocycles. The number of rotatable bonds is 6. The Morgan fingerprint density at radius 3 is 2.15 bits per heavy atom. The topological polar surface area (TPSA) is 45.6 Å². The number of halogens is 1. The standard InChI is InChI=1S/C26H26ClN3O2S/c1-5-28(6-2)21-11-13-22(14-12-21)29-17(3)15-19(18(29)4)16-24-25(31)30(26(32)33-24)23-9-7-20(27)8-10-23/h7-16H,5-6H2,1-4H3/b24-16+. The van der Waals surface area contributed by atoms with Gasteiger partial charge in [0.2, 0.25) is 0 Å². The van der Waals surface area contributed by atoms with Gasteiger partial charge in [-0.05, 0) is 106 Å². The SMILES string of the molecule is CCN(CC)c1ccc(-n2c(C)cc(/C=C3/SC(=O)N(c4ccc(Cl)cc4)C3=O)c2C)cc1. The first-order valence-corrected chi connectivity index (χ1v) is 12.1. The highest BCUT2D eigenvalue weighted by atomic mass is 35.5. The minimum atomic E-state index is -0.319. The van der Waals surface area contributed by atoms with Crippen LogP contribution in [0.3, 0.4) is 0 Å². The predicted molar refractivity (Wildman–Crippen MR) is 139 cm³/mol. The zero-order valence-corrected chi connectivity index (χ0v) is 20.7. The zero-order valence-electron chi connectivity index (χ0n) is 19.1. The van der Waals surface area contributed by atoms with Gasteiger partial charge in [0.25, 0.3) is 11.1 Å². The Morgan fingerprint density at radius 2 is 1.55 bits per heavy atom. The summed E-state index contributed by atoms with van der Waals surface area (Å²) in [6.45, 7) is 10.3. The van der Waals surface area contributed by atoms with Gasteiger partial charge in [0.1, 0.15) is 0 Å². The smallest absolute Gasteiger partial charge is 0.298 e. The molecule has 0 saturated carbocycles. The van der Waals surface area contributed by atoms with Crippen molar-refractivity contribution in [2.75, 3.05) is 22.9 Å². The molecule has 170 valence electrons. The maximum absolute atomic E-state index is 13.0. The molecular weight excluding hydrogens is 454 g/mol. The third-order valence-corrected chi connectivity index (χ3v) is 6.99.